The largest absolute Gasteiger partial charge is 0.378 e. The van der Waals surface area contributed by atoms with E-state index in [1.165, 1.54) is 10.9 Å². The Bertz CT molecular complexity index is 579. The Morgan fingerprint density at radius 1 is 1.20 bits per heavy atom. The third-order valence-electron chi connectivity index (χ3n) is 3.74. The molecule has 3 rings (SSSR count). The number of pyridine rings is 1. The fourth-order valence-electron chi connectivity index (χ4n) is 2.67. The summed E-state index contributed by atoms with van der Waals surface area (Å²) in [6.07, 6.45) is 1.98. The van der Waals surface area contributed by atoms with Crippen LogP contribution in [-0.4, -0.2) is 37.8 Å². The van der Waals surface area contributed by atoms with Crippen molar-refractivity contribution in [1.82, 2.24) is 4.98 Å². The summed E-state index contributed by atoms with van der Waals surface area (Å²) in [5.74, 6) is 1.11. The summed E-state index contributed by atoms with van der Waals surface area (Å²) in [6, 6.07) is 10.6. The number of anilines is 1. The number of rotatable bonds is 4. The molecule has 0 amide bonds. The van der Waals surface area contributed by atoms with Gasteiger partial charge < -0.3 is 15.4 Å². The van der Waals surface area contributed by atoms with Crippen molar-refractivity contribution in [2.24, 2.45) is 5.73 Å². The van der Waals surface area contributed by atoms with Crippen molar-refractivity contribution in [3.8, 4) is 0 Å². The lowest BCUT2D eigenvalue weighted by Crippen LogP contribution is -2.37. The number of fused-ring (bicyclic) bond motifs is 1. The van der Waals surface area contributed by atoms with Gasteiger partial charge in [-0.25, -0.2) is 4.98 Å². The first kappa shape index (κ1) is 13.3. The number of nitrogens with zero attached hydrogens (tertiary/aromatic N) is 2. The molecule has 106 valence electrons. The van der Waals surface area contributed by atoms with Gasteiger partial charge in [-0.15, -0.1) is 0 Å². The molecule has 0 atom stereocenters. The van der Waals surface area contributed by atoms with Gasteiger partial charge in [-0.2, -0.15) is 0 Å². The summed E-state index contributed by atoms with van der Waals surface area (Å²) in [4.78, 5) is 7.22. The summed E-state index contributed by atoms with van der Waals surface area (Å²) in [5, 5.41) is 1.21. The third-order valence-corrected chi connectivity index (χ3v) is 3.74. The summed E-state index contributed by atoms with van der Waals surface area (Å²) in [6.45, 7) is 4.12. The van der Waals surface area contributed by atoms with E-state index in [0.29, 0.717) is 0 Å². The van der Waals surface area contributed by atoms with Crippen LogP contribution in [0, 0.1) is 0 Å². The molecule has 4 nitrogen and oxygen atoms in total. The summed E-state index contributed by atoms with van der Waals surface area (Å²) in [7, 11) is 0. The van der Waals surface area contributed by atoms with E-state index >= 15 is 0 Å². The molecular formula is C16H21N3O. The number of morpholine rings is 1. The van der Waals surface area contributed by atoms with Crippen molar-refractivity contribution in [3.63, 3.8) is 0 Å². The first-order valence-corrected chi connectivity index (χ1v) is 7.30. The Labute approximate surface area is 119 Å². The van der Waals surface area contributed by atoms with Crippen LogP contribution in [-0.2, 0) is 11.2 Å². The van der Waals surface area contributed by atoms with Crippen LogP contribution in [0.25, 0.3) is 10.9 Å². The van der Waals surface area contributed by atoms with E-state index in [9.17, 15) is 0 Å². The molecular weight excluding hydrogens is 250 g/mol. The number of hydrogen-bond acceptors (Lipinski definition) is 4. The van der Waals surface area contributed by atoms with Crippen LogP contribution < -0.4 is 10.6 Å². The van der Waals surface area contributed by atoms with E-state index < -0.39 is 0 Å². The van der Waals surface area contributed by atoms with E-state index in [2.05, 4.69) is 29.2 Å². The predicted octanol–water partition coefficient (Wildman–Crippen LogP) is 1.96. The molecule has 2 heterocycles. The normalized spacial score (nSPS) is 15.8. The third kappa shape index (κ3) is 2.76. The zero-order chi connectivity index (χ0) is 13.8. The average molecular weight is 271 g/mol. The second-order valence-electron chi connectivity index (χ2n) is 5.16. The molecule has 0 radical (unpaired) electrons. The first-order valence-electron chi connectivity index (χ1n) is 7.30. The molecule has 0 bridgehead atoms. The van der Waals surface area contributed by atoms with Crippen LogP contribution in [0.2, 0.25) is 0 Å². The van der Waals surface area contributed by atoms with Crippen molar-refractivity contribution in [2.75, 3.05) is 37.7 Å². The quantitative estimate of drug-likeness (QED) is 0.923. The summed E-state index contributed by atoms with van der Waals surface area (Å²) in [5.41, 5.74) is 8.03. The van der Waals surface area contributed by atoms with Crippen LogP contribution in [0.3, 0.4) is 0 Å². The number of benzene rings is 1. The minimum atomic E-state index is 0.718. The van der Waals surface area contributed by atoms with Gasteiger partial charge in [0.25, 0.3) is 0 Å². The number of aryl methyl sites for hydroxylation is 1. The van der Waals surface area contributed by atoms with Crippen molar-refractivity contribution in [1.29, 1.82) is 0 Å². The zero-order valence-electron chi connectivity index (χ0n) is 11.7. The fourth-order valence-corrected chi connectivity index (χ4v) is 2.67. The van der Waals surface area contributed by atoms with Crippen molar-refractivity contribution in [3.05, 3.63) is 35.9 Å². The van der Waals surface area contributed by atoms with Crippen LogP contribution in [0.5, 0.6) is 0 Å². The van der Waals surface area contributed by atoms with E-state index in [4.69, 9.17) is 15.5 Å². The molecule has 1 saturated heterocycles. The molecule has 0 spiro atoms. The Morgan fingerprint density at radius 3 is 2.80 bits per heavy atom. The minimum Gasteiger partial charge on any atom is -0.378 e. The van der Waals surface area contributed by atoms with Gasteiger partial charge in [0, 0.05) is 18.5 Å². The van der Waals surface area contributed by atoms with E-state index in [0.717, 1.165) is 57.0 Å². The highest BCUT2D eigenvalue weighted by Crippen LogP contribution is 2.25. The predicted molar refractivity (Wildman–Crippen MR) is 82.2 cm³/mol. The standard InChI is InChI=1S/C16H21N3O/c17-7-3-5-14-12-13-4-1-2-6-15(13)18-16(14)19-8-10-20-11-9-19/h1-2,4,6,12H,3,5,7-11,17H2. The number of hydrogen-bond donors (Lipinski definition) is 1. The Hall–Kier alpha value is -1.65. The number of para-hydroxylation sites is 1. The zero-order valence-corrected chi connectivity index (χ0v) is 11.7. The topological polar surface area (TPSA) is 51.4 Å². The van der Waals surface area contributed by atoms with Gasteiger partial charge in [-0.1, -0.05) is 18.2 Å². The Kier molecular flexibility index (Phi) is 4.14. The van der Waals surface area contributed by atoms with E-state index in [1.807, 2.05) is 6.07 Å². The second-order valence-corrected chi connectivity index (χ2v) is 5.16. The molecule has 2 N–H and O–H groups in total. The van der Waals surface area contributed by atoms with Crippen molar-refractivity contribution >= 4 is 16.7 Å². The maximum atomic E-state index is 5.66. The molecule has 0 saturated carbocycles. The lowest BCUT2D eigenvalue weighted by molar-refractivity contribution is 0.122. The van der Waals surface area contributed by atoms with E-state index in [1.54, 1.807) is 0 Å². The smallest absolute Gasteiger partial charge is 0.132 e. The molecule has 1 aromatic carbocycles. The summed E-state index contributed by atoms with van der Waals surface area (Å²) < 4.78 is 5.44. The van der Waals surface area contributed by atoms with Crippen LogP contribution in [0.4, 0.5) is 5.82 Å². The maximum absolute atomic E-state index is 5.66. The van der Waals surface area contributed by atoms with Crippen molar-refractivity contribution < 1.29 is 4.74 Å². The fraction of sp³-hybridized carbons (Fsp3) is 0.438. The highest BCUT2D eigenvalue weighted by Gasteiger charge is 2.16. The number of aromatic nitrogens is 1. The second kappa shape index (κ2) is 6.20. The average Bonchev–Trinajstić information content (AvgIpc) is 2.53. The number of nitrogens with two attached hydrogens (primary N) is 1. The summed E-state index contributed by atoms with van der Waals surface area (Å²) >= 11 is 0. The van der Waals surface area contributed by atoms with Crippen molar-refractivity contribution in [2.45, 2.75) is 12.8 Å². The lowest BCUT2D eigenvalue weighted by Gasteiger charge is -2.29. The Balaban J connectivity index is 2.01. The molecule has 0 aliphatic carbocycles. The van der Waals surface area contributed by atoms with Gasteiger partial charge in [0.1, 0.15) is 5.82 Å². The molecule has 2 aromatic rings. The van der Waals surface area contributed by atoms with Gasteiger partial charge in [-0.3, -0.25) is 0 Å². The minimum absolute atomic E-state index is 0.718. The molecule has 20 heavy (non-hydrogen) atoms. The molecule has 4 heteroatoms. The van der Waals surface area contributed by atoms with E-state index in [-0.39, 0.29) is 0 Å². The highest BCUT2D eigenvalue weighted by molar-refractivity contribution is 5.81. The highest BCUT2D eigenvalue weighted by atomic mass is 16.5. The van der Waals surface area contributed by atoms with Crippen LogP contribution in [0.1, 0.15) is 12.0 Å². The van der Waals surface area contributed by atoms with Gasteiger partial charge in [-0.05, 0) is 37.1 Å². The van der Waals surface area contributed by atoms with Gasteiger partial charge in [0.05, 0.1) is 18.7 Å². The number of ether oxygens (including phenoxy) is 1. The first-order chi connectivity index (χ1) is 9.88. The Morgan fingerprint density at radius 2 is 2.00 bits per heavy atom. The molecule has 1 aliphatic heterocycles. The van der Waals surface area contributed by atoms with Crippen LogP contribution >= 0.6 is 0 Å². The molecule has 0 unspecified atom stereocenters. The molecule has 1 aromatic heterocycles. The van der Waals surface area contributed by atoms with Gasteiger partial charge in [0.15, 0.2) is 0 Å². The molecule has 1 aliphatic rings. The monoisotopic (exact) mass is 271 g/mol. The van der Waals surface area contributed by atoms with Crippen LogP contribution in [0.15, 0.2) is 30.3 Å². The lowest BCUT2D eigenvalue weighted by atomic mass is 10.1. The maximum Gasteiger partial charge on any atom is 0.132 e. The van der Waals surface area contributed by atoms with Gasteiger partial charge >= 0.3 is 0 Å². The SMILES string of the molecule is NCCCc1cc2ccccc2nc1N1CCOCC1. The molecule has 1 fully saturated rings. The van der Waals surface area contributed by atoms with Gasteiger partial charge in [0.2, 0.25) is 0 Å².